The molecule has 5 heteroatoms. The Kier molecular flexibility index (Phi) is 2.82. The minimum atomic E-state index is -0.00573. The monoisotopic (exact) mass is 334 g/mol. The Labute approximate surface area is 141 Å². The summed E-state index contributed by atoms with van der Waals surface area (Å²) < 4.78 is 8.14. The molecule has 1 atom stereocenters. The Balaban J connectivity index is 1.69. The van der Waals surface area contributed by atoms with Gasteiger partial charge in [0.05, 0.1) is 15.6 Å². The van der Waals surface area contributed by atoms with Gasteiger partial charge in [-0.15, -0.1) is 0 Å². The maximum absolute atomic E-state index is 12.8. The van der Waals surface area contributed by atoms with E-state index in [1.54, 1.807) is 4.40 Å². The summed E-state index contributed by atoms with van der Waals surface area (Å²) in [6.45, 7) is 2.07. The van der Waals surface area contributed by atoms with Crippen LogP contribution in [-0.4, -0.2) is 15.5 Å². The maximum Gasteiger partial charge on any atom is 0.274 e. The number of fused-ring (bicyclic) bond motifs is 4. The van der Waals surface area contributed by atoms with Crippen molar-refractivity contribution in [3.8, 4) is 5.75 Å². The third kappa shape index (κ3) is 1.98. The first-order valence-corrected chi connectivity index (χ1v) is 8.72. The summed E-state index contributed by atoms with van der Waals surface area (Å²) in [4.78, 5) is 18.1. The van der Waals surface area contributed by atoms with Gasteiger partial charge in [0.1, 0.15) is 11.9 Å². The summed E-state index contributed by atoms with van der Waals surface area (Å²) in [6.07, 6.45) is 3.08. The van der Waals surface area contributed by atoms with E-state index in [2.05, 4.69) is 18.0 Å². The molecule has 4 nitrogen and oxygen atoms in total. The Morgan fingerprint density at radius 1 is 1.29 bits per heavy atom. The third-order valence-electron chi connectivity index (χ3n) is 4.36. The number of aromatic nitrogens is 2. The van der Waals surface area contributed by atoms with E-state index in [1.165, 1.54) is 16.9 Å². The minimum Gasteiger partial charge on any atom is -0.490 e. The zero-order valence-electron chi connectivity index (χ0n) is 13.0. The second-order valence-corrected chi connectivity index (χ2v) is 7.14. The zero-order chi connectivity index (χ0) is 16.3. The van der Waals surface area contributed by atoms with Crippen LogP contribution in [0.15, 0.2) is 47.3 Å². The summed E-state index contributed by atoms with van der Waals surface area (Å²) in [5, 5.41) is 0. The average molecular weight is 334 g/mol. The van der Waals surface area contributed by atoms with Crippen LogP contribution in [0.4, 0.5) is 0 Å². The van der Waals surface area contributed by atoms with E-state index in [1.807, 2.05) is 42.5 Å². The molecular formula is C19H14N2O2S. The molecule has 0 spiro atoms. The molecule has 1 aliphatic rings. The molecule has 0 fully saturated rings. The van der Waals surface area contributed by atoms with Gasteiger partial charge in [0.25, 0.3) is 5.56 Å². The third-order valence-corrected chi connectivity index (χ3v) is 5.33. The van der Waals surface area contributed by atoms with Gasteiger partial charge < -0.3 is 4.74 Å². The van der Waals surface area contributed by atoms with E-state index in [-0.39, 0.29) is 11.7 Å². The van der Waals surface area contributed by atoms with E-state index in [9.17, 15) is 4.79 Å². The molecule has 0 aliphatic carbocycles. The smallest absolute Gasteiger partial charge is 0.274 e. The summed E-state index contributed by atoms with van der Waals surface area (Å²) in [7, 11) is 0. The summed E-state index contributed by atoms with van der Waals surface area (Å²) in [5.41, 5.74) is 3.95. The van der Waals surface area contributed by atoms with E-state index < -0.39 is 0 Å². The van der Waals surface area contributed by atoms with Crippen LogP contribution in [0.3, 0.4) is 0 Å². The highest BCUT2D eigenvalue weighted by molar-refractivity contribution is 7.15. The lowest BCUT2D eigenvalue weighted by Crippen LogP contribution is -2.22. The molecular weight excluding hydrogens is 320 g/mol. The molecule has 0 N–H and O–H groups in total. The van der Waals surface area contributed by atoms with E-state index in [0.717, 1.165) is 33.7 Å². The van der Waals surface area contributed by atoms with Crippen LogP contribution in [0.2, 0.25) is 0 Å². The topological polar surface area (TPSA) is 43.6 Å². The predicted molar refractivity (Wildman–Crippen MR) is 95.9 cm³/mol. The molecule has 0 saturated carbocycles. The second kappa shape index (κ2) is 4.92. The van der Waals surface area contributed by atoms with E-state index in [4.69, 9.17) is 4.74 Å². The molecule has 0 amide bonds. The Bertz CT molecular complexity index is 1210. The molecule has 0 bridgehead atoms. The van der Waals surface area contributed by atoms with Crippen molar-refractivity contribution < 1.29 is 4.74 Å². The van der Waals surface area contributed by atoms with Gasteiger partial charge in [-0.05, 0) is 48.4 Å². The summed E-state index contributed by atoms with van der Waals surface area (Å²) in [6, 6.07) is 13.8. The lowest BCUT2D eigenvalue weighted by Gasteiger charge is -2.01. The van der Waals surface area contributed by atoms with Gasteiger partial charge in [-0.1, -0.05) is 29.5 Å². The maximum atomic E-state index is 12.8. The van der Waals surface area contributed by atoms with Crippen LogP contribution in [0.25, 0.3) is 22.1 Å². The first kappa shape index (κ1) is 13.7. The van der Waals surface area contributed by atoms with Crippen LogP contribution in [0.5, 0.6) is 5.75 Å². The Morgan fingerprint density at radius 3 is 3.08 bits per heavy atom. The van der Waals surface area contributed by atoms with Gasteiger partial charge in [-0.3, -0.25) is 4.79 Å². The van der Waals surface area contributed by atoms with Crippen molar-refractivity contribution in [2.45, 2.75) is 19.4 Å². The number of imidazole rings is 1. The lowest BCUT2D eigenvalue weighted by atomic mass is 10.1. The largest absolute Gasteiger partial charge is 0.490 e. The van der Waals surface area contributed by atoms with Gasteiger partial charge in [-0.2, -0.15) is 0 Å². The van der Waals surface area contributed by atoms with Crippen LogP contribution in [0.1, 0.15) is 18.1 Å². The van der Waals surface area contributed by atoms with E-state index >= 15 is 0 Å². The Morgan fingerprint density at radius 2 is 2.17 bits per heavy atom. The van der Waals surface area contributed by atoms with Gasteiger partial charge in [-0.25, -0.2) is 9.38 Å². The molecule has 2 aromatic heterocycles. The second-order valence-electron chi connectivity index (χ2n) is 6.13. The molecule has 118 valence electrons. The molecule has 5 rings (SSSR count). The number of ether oxygens (including phenoxy) is 1. The fourth-order valence-electron chi connectivity index (χ4n) is 3.30. The van der Waals surface area contributed by atoms with Crippen molar-refractivity contribution in [3.05, 3.63) is 68.5 Å². The number of thiazole rings is 1. The van der Waals surface area contributed by atoms with Crippen molar-refractivity contribution in [2.75, 3.05) is 0 Å². The van der Waals surface area contributed by atoms with Crippen molar-refractivity contribution >= 4 is 33.4 Å². The summed E-state index contributed by atoms with van der Waals surface area (Å²) >= 11 is 1.43. The SMILES string of the molecule is C[C@H]1Cc2cc(/C=c3\sc4nc5ccccc5n4c3=O)ccc2O1. The van der Waals surface area contributed by atoms with Crippen molar-refractivity contribution in [3.63, 3.8) is 0 Å². The number of hydrogen-bond acceptors (Lipinski definition) is 4. The first-order valence-electron chi connectivity index (χ1n) is 7.90. The van der Waals surface area contributed by atoms with Gasteiger partial charge >= 0.3 is 0 Å². The van der Waals surface area contributed by atoms with E-state index in [0.29, 0.717) is 4.53 Å². The molecule has 24 heavy (non-hydrogen) atoms. The molecule has 0 radical (unpaired) electrons. The van der Waals surface area contributed by atoms with Gasteiger partial charge in [0.15, 0.2) is 4.96 Å². The van der Waals surface area contributed by atoms with Gasteiger partial charge in [0.2, 0.25) is 0 Å². The van der Waals surface area contributed by atoms with Crippen LogP contribution >= 0.6 is 11.3 Å². The average Bonchev–Trinajstić information content (AvgIpc) is 3.20. The first-order chi connectivity index (χ1) is 11.7. The Hall–Kier alpha value is -2.66. The molecule has 3 heterocycles. The summed E-state index contributed by atoms with van der Waals surface area (Å²) in [5.74, 6) is 0.953. The molecule has 0 saturated heterocycles. The molecule has 0 unspecified atom stereocenters. The quantitative estimate of drug-likeness (QED) is 0.538. The number of nitrogens with zero attached hydrogens (tertiary/aromatic N) is 2. The normalized spacial score (nSPS) is 17.5. The molecule has 1 aliphatic heterocycles. The highest BCUT2D eigenvalue weighted by Gasteiger charge is 2.18. The van der Waals surface area contributed by atoms with Crippen LogP contribution in [0, 0.1) is 0 Å². The number of hydrogen-bond donors (Lipinski definition) is 0. The zero-order valence-corrected chi connectivity index (χ0v) is 13.8. The van der Waals surface area contributed by atoms with Crippen LogP contribution in [-0.2, 0) is 6.42 Å². The number of para-hydroxylation sites is 2. The number of benzene rings is 2. The molecule has 2 aromatic carbocycles. The van der Waals surface area contributed by atoms with Crippen molar-refractivity contribution in [1.82, 2.24) is 9.38 Å². The molecule has 4 aromatic rings. The minimum absolute atomic E-state index is 0.00573. The highest BCUT2D eigenvalue weighted by Crippen LogP contribution is 2.29. The van der Waals surface area contributed by atoms with Crippen molar-refractivity contribution in [2.24, 2.45) is 0 Å². The van der Waals surface area contributed by atoms with Crippen LogP contribution < -0.4 is 14.8 Å². The highest BCUT2D eigenvalue weighted by atomic mass is 32.1. The lowest BCUT2D eigenvalue weighted by molar-refractivity contribution is 0.254. The number of rotatable bonds is 1. The predicted octanol–water partition coefficient (Wildman–Crippen LogP) is 2.78. The fourth-order valence-corrected chi connectivity index (χ4v) is 4.28. The standard InChI is InChI=1S/C19H14N2O2S/c1-11-8-13-9-12(6-7-16(13)23-11)10-17-18(22)21-15-5-3-2-4-14(15)20-19(21)24-17/h2-7,9-11H,8H2,1H3/b17-10-/t11-/m0/s1. The van der Waals surface area contributed by atoms with Gasteiger partial charge in [0, 0.05) is 6.42 Å². The fraction of sp³-hybridized carbons (Fsp3) is 0.158. The van der Waals surface area contributed by atoms with Crippen molar-refractivity contribution in [1.29, 1.82) is 0 Å².